The second-order valence-electron chi connectivity index (χ2n) is 3.16. The number of primary amides is 1. The summed E-state index contributed by atoms with van der Waals surface area (Å²) in [7, 11) is 0. The lowest BCUT2D eigenvalue weighted by Gasteiger charge is -2.01. The molecule has 0 fully saturated rings. The van der Waals surface area contributed by atoms with Crippen molar-refractivity contribution < 1.29 is 4.79 Å². The number of nitrogens with two attached hydrogens (primary N) is 1. The highest BCUT2D eigenvalue weighted by molar-refractivity contribution is 6.30. The first-order chi connectivity index (χ1) is 7.18. The fourth-order valence-corrected chi connectivity index (χ4v) is 1.65. The SMILES string of the molecule is NC(=O)c1c[nH]cc1-c1cccc(Cl)c1. The molecule has 1 aromatic carbocycles. The van der Waals surface area contributed by atoms with Gasteiger partial charge in [0, 0.05) is 23.0 Å². The second kappa shape index (κ2) is 3.79. The van der Waals surface area contributed by atoms with Gasteiger partial charge in [-0.15, -0.1) is 0 Å². The van der Waals surface area contributed by atoms with Gasteiger partial charge in [0.15, 0.2) is 0 Å². The standard InChI is InChI=1S/C11H9ClN2O/c12-8-3-1-2-7(4-8)9-5-14-6-10(9)11(13)15/h1-6,14H,(H2,13,15). The molecule has 15 heavy (non-hydrogen) atoms. The molecule has 1 aromatic heterocycles. The zero-order chi connectivity index (χ0) is 10.8. The maximum atomic E-state index is 11.1. The van der Waals surface area contributed by atoms with Crippen molar-refractivity contribution in [3.8, 4) is 11.1 Å². The van der Waals surface area contributed by atoms with Gasteiger partial charge in [-0.05, 0) is 17.7 Å². The molecule has 0 aliphatic rings. The maximum Gasteiger partial charge on any atom is 0.250 e. The van der Waals surface area contributed by atoms with Crippen LogP contribution >= 0.6 is 11.6 Å². The van der Waals surface area contributed by atoms with Crippen molar-refractivity contribution in [1.29, 1.82) is 0 Å². The minimum atomic E-state index is -0.453. The Kier molecular flexibility index (Phi) is 2.47. The van der Waals surface area contributed by atoms with Crippen molar-refractivity contribution >= 4 is 17.5 Å². The number of carbonyl (C=O) groups is 1. The molecule has 0 unspecified atom stereocenters. The number of carbonyl (C=O) groups excluding carboxylic acids is 1. The lowest BCUT2D eigenvalue weighted by molar-refractivity contribution is 0.100. The van der Waals surface area contributed by atoms with Crippen LogP contribution in [0, 0.1) is 0 Å². The van der Waals surface area contributed by atoms with Crippen LogP contribution in [0.2, 0.25) is 5.02 Å². The number of halogens is 1. The van der Waals surface area contributed by atoms with Crippen LogP contribution in [0.3, 0.4) is 0 Å². The van der Waals surface area contributed by atoms with Gasteiger partial charge in [-0.3, -0.25) is 4.79 Å². The van der Waals surface area contributed by atoms with Gasteiger partial charge >= 0.3 is 0 Å². The Morgan fingerprint density at radius 2 is 2.13 bits per heavy atom. The summed E-state index contributed by atoms with van der Waals surface area (Å²) in [5.74, 6) is -0.453. The molecule has 76 valence electrons. The highest BCUT2D eigenvalue weighted by Gasteiger charge is 2.10. The third-order valence-corrected chi connectivity index (χ3v) is 2.38. The molecule has 0 atom stereocenters. The number of aromatic amines is 1. The van der Waals surface area contributed by atoms with E-state index in [2.05, 4.69) is 4.98 Å². The topological polar surface area (TPSA) is 58.9 Å². The van der Waals surface area contributed by atoms with E-state index in [-0.39, 0.29) is 0 Å². The Bertz CT molecular complexity index is 505. The van der Waals surface area contributed by atoms with Crippen molar-refractivity contribution in [3.63, 3.8) is 0 Å². The fraction of sp³-hybridized carbons (Fsp3) is 0. The van der Waals surface area contributed by atoms with Crippen LogP contribution in [0.25, 0.3) is 11.1 Å². The van der Waals surface area contributed by atoms with Gasteiger partial charge < -0.3 is 10.7 Å². The zero-order valence-electron chi connectivity index (χ0n) is 7.83. The molecule has 3 nitrogen and oxygen atoms in total. The zero-order valence-corrected chi connectivity index (χ0v) is 8.58. The highest BCUT2D eigenvalue weighted by Crippen LogP contribution is 2.25. The van der Waals surface area contributed by atoms with Gasteiger partial charge in [-0.25, -0.2) is 0 Å². The monoisotopic (exact) mass is 220 g/mol. The first-order valence-electron chi connectivity index (χ1n) is 4.41. The first kappa shape index (κ1) is 9.80. The molecule has 1 amide bonds. The van der Waals surface area contributed by atoms with Crippen molar-refractivity contribution in [2.45, 2.75) is 0 Å². The summed E-state index contributed by atoms with van der Waals surface area (Å²) < 4.78 is 0. The number of hydrogen-bond acceptors (Lipinski definition) is 1. The third-order valence-electron chi connectivity index (χ3n) is 2.15. The summed E-state index contributed by atoms with van der Waals surface area (Å²) >= 11 is 5.87. The minimum Gasteiger partial charge on any atom is -0.366 e. The van der Waals surface area contributed by atoms with Gasteiger partial charge in [0.2, 0.25) is 0 Å². The quantitative estimate of drug-likeness (QED) is 0.803. The number of amides is 1. The largest absolute Gasteiger partial charge is 0.366 e. The maximum absolute atomic E-state index is 11.1. The van der Waals surface area contributed by atoms with E-state index in [9.17, 15) is 4.79 Å². The number of benzene rings is 1. The summed E-state index contributed by atoms with van der Waals surface area (Å²) in [5, 5.41) is 0.629. The van der Waals surface area contributed by atoms with Crippen molar-refractivity contribution in [2.24, 2.45) is 5.73 Å². The number of rotatable bonds is 2. The van der Waals surface area contributed by atoms with E-state index < -0.39 is 5.91 Å². The van der Waals surface area contributed by atoms with E-state index >= 15 is 0 Å². The molecule has 0 saturated carbocycles. The second-order valence-corrected chi connectivity index (χ2v) is 3.59. The Morgan fingerprint density at radius 1 is 1.33 bits per heavy atom. The predicted octanol–water partition coefficient (Wildman–Crippen LogP) is 2.43. The lowest BCUT2D eigenvalue weighted by Crippen LogP contribution is -2.10. The number of nitrogens with one attached hydrogen (secondary N) is 1. The minimum absolute atomic E-state index is 0.453. The van der Waals surface area contributed by atoms with Crippen LogP contribution < -0.4 is 5.73 Å². The summed E-state index contributed by atoms with van der Waals surface area (Å²) in [6, 6.07) is 7.27. The van der Waals surface area contributed by atoms with Crippen LogP contribution in [0.4, 0.5) is 0 Å². The molecule has 0 spiro atoms. The van der Waals surface area contributed by atoms with E-state index in [0.717, 1.165) is 11.1 Å². The van der Waals surface area contributed by atoms with Gasteiger partial charge in [0.05, 0.1) is 5.56 Å². The molecule has 0 aliphatic carbocycles. The first-order valence-corrected chi connectivity index (χ1v) is 4.79. The molecular weight excluding hydrogens is 212 g/mol. The molecule has 3 N–H and O–H groups in total. The van der Waals surface area contributed by atoms with E-state index in [4.69, 9.17) is 17.3 Å². The highest BCUT2D eigenvalue weighted by atomic mass is 35.5. The summed E-state index contributed by atoms with van der Waals surface area (Å²) in [6.45, 7) is 0. The molecular formula is C11H9ClN2O. The average Bonchev–Trinajstić information content (AvgIpc) is 2.65. The molecule has 0 saturated heterocycles. The molecule has 2 aromatic rings. The Balaban J connectivity index is 2.54. The Labute approximate surface area is 91.9 Å². The molecule has 0 radical (unpaired) electrons. The van der Waals surface area contributed by atoms with Crippen LogP contribution in [0.1, 0.15) is 10.4 Å². The third kappa shape index (κ3) is 1.87. The van der Waals surface area contributed by atoms with E-state index in [1.54, 1.807) is 24.5 Å². The Hall–Kier alpha value is -1.74. The predicted molar refractivity (Wildman–Crippen MR) is 59.8 cm³/mol. The molecule has 2 rings (SSSR count). The van der Waals surface area contributed by atoms with Crippen LogP contribution in [0.5, 0.6) is 0 Å². The van der Waals surface area contributed by atoms with Crippen molar-refractivity contribution in [3.05, 3.63) is 47.2 Å². The molecule has 0 aliphatic heterocycles. The van der Waals surface area contributed by atoms with Crippen LogP contribution in [-0.2, 0) is 0 Å². The van der Waals surface area contributed by atoms with E-state index in [1.165, 1.54) is 0 Å². The van der Waals surface area contributed by atoms with Gasteiger partial charge in [-0.2, -0.15) is 0 Å². The smallest absolute Gasteiger partial charge is 0.250 e. The van der Waals surface area contributed by atoms with Crippen LogP contribution in [-0.4, -0.2) is 10.9 Å². The van der Waals surface area contributed by atoms with E-state index in [1.807, 2.05) is 12.1 Å². The average molecular weight is 221 g/mol. The fourth-order valence-electron chi connectivity index (χ4n) is 1.46. The van der Waals surface area contributed by atoms with Gasteiger partial charge in [0.25, 0.3) is 5.91 Å². The summed E-state index contributed by atoms with van der Waals surface area (Å²) in [6.07, 6.45) is 3.31. The summed E-state index contributed by atoms with van der Waals surface area (Å²) in [5.41, 5.74) is 7.35. The molecule has 1 heterocycles. The van der Waals surface area contributed by atoms with E-state index in [0.29, 0.717) is 10.6 Å². The molecule has 4 heteroatoms. The van der Waals surface area contributed by atoms with Crippen LogP contribution in [0.15, 0.2) is 36.7 Å². The number of H-pyrrole nitrogens is 1. The Morgan fingerprint density at radius 3 is 2.80 bits per heavy atom. The van der Waals surface area contributed by atoms with Gasteiger partial charge in [0.1, 0.15) is 0 Å². The molecule has 0 bridgehead atoms. The van der Waals surface area contributed by atoms with Crippen molar-refractivity contribution in [1.82, 2.24) is 4.98 Å². The van der Waals surface area contributed by atoms with Crippen molar-refractivity contribution in [2.75, 3.05) is 0 Å². The van der Waals surface area contributed by atoms with Gasteiger partial charge in [-0.1, -0.05) is 23.7 Å². The normalized spacial score (nSPS) is 10.2. The lowest BCUT2D eigenvalue weighted by atomic mass is 10.0. The number of hydrogen-bond donors (Lipinski definition) is 2. The number of aromatic nitrogens is 1. The summed E-state index contributed by atoms with van der Waals surface area (Å²) in [4.78, 5) is 14.0.